The standard InChI is InChI=1S/C12H13ClN4.C7H8O3S/c13-12-2-1-9(6-15-12)17-8-10-5-11(17)7-16(10)4-3-14;1-6-2-4-7(5-3-6)11(8,9)10/h1-2,6,10-11H,4-5,7-8H2;2-5H,1H3,(H,8,9,10)/t10-,11-;/m1./s1. The molecule has 2 saturated heterocycles. The van der Waals surface area contributed by atoms with Gasteiger partial charge in [-0.25, -0.2) is 4.98 Å². The molecule has 0 spiro atoms. The number of fused-ring (bicyclic) bond motifs is 2. The van der Waals surface area contributed by atoms with E-state index in [0.29, 0.717) is 23.8 Å². The third-order valence-corrected chi connectivity index (χ3v) is 6.08. The minimum Gasteiger partial charge on any atom is -0.364 e. The number of aryl methyl sites for hydroxylation is 1. The molecule has 0 saturated carbocycles. The predicted molar refractivity (Wildman–Crippen MR) is 107 cm³/mol. The molecule has 4 rings (SSSR count). The van der Waals surface area contributed by atoms with Gasteiger partial charge >= 0.3 is 0 Å². The summed E-state index contributed by atoms with van der Waals surface area (Å²) in [6.45, 7) is 4.37. The van der Waals surface area contributed by atoms with Crippen molar-refractivity contribution < 1.29 is 13.0 Å². The summed E-state index contributed by atoms with van der Waals surface area (Å²) >= 11 is 5.79. The first-order chi connectivity index (χ1) is 13.3. The summed E-state index contributed by atoms with van der Waals surface area (Å²) in [5, 5.41) is 9.27. The van der Waals surface area contributed by atoms with Crippen molar-refractivity contribution in [2.75, 3.05) is 24.5 Å². The van der Waals surface area contributed by atoms with E-state index < -0.39 is 10.1 Å². The molecule has 28 heavy (non-hydrogen) atoms. The molecule has 3 heterocycles. The Labute approximate surface area is 169 Å². The average molecular weight is 421 g/mol. The van der Waals surface area contributed by atoms with E-state index in [0.717, 1.165) is 30.8 Å². The van der Waals surface area contributed by atoms with Gasteiger partial charge in [-0.2, -0.15) is 13.7 Å². The zero-order chi connectivity index (χ0) is 20.3. The molecule has 0 unspecified atom stereocenters. The third kappa shape index (κ3) is 4.80. The van der Waals surface area contributed by atoms with E-state index in [1.54, 1.807) is 12.1 Å². The average Bonchev–Trinajstić information content (AvgIpc) is 3.23. The summed E-state index contributed by atoms with van der Waals surface area (Å²) < 4.78 is 29.6. The van der Waals surface area contributed by atoms with Crippen LogP contribution in [0.3, 0.4) is 0 Å². The van der Waals surface area contributed by atoms with Crippen LogP contribution in [0.4, 0.5) is 5.69 Å². The quantitative estimate of drug-likeness (QED) is 0.463. The van der Waals surface area contributed by atoms with Crippen molar-refractivity contribution in [3.63, 3.8) is 0 Å². The highest BCUT2D eigenvalue weighted by Crippen LogP contribution is 2.34. The number of nitriles is 1. The van der Waals surface area contributed by atoms with Crippen LogP contribution in [0.2, 0.25) is 5.15 Å². The number of benzene rings is 1. The number of nitrogens with zero attached hydrogens (tertiary/aromatic N) is 4. The topological polar surface area (TPSA) is 97.5 Å². The molecule has 7 nitrogen and oxygen atoms in total. The molecule has 148 valence electrons. The second kappa shape index (κ2) is 8.45. The van der Waals surface area contributed by atoms with Crippen LogP contribution in [0.1, 0.15) is 12.0 Å². The summed E-state index contributed by atoms with van der Waals surface area (Å²) in [7, 11) is -4.02. The van der Waals surface area contributed by atoms with Gasteiger partial charge in [0.05, 0.1) is 29.4 Å². The zero-order valence-electron chi connectivity index (χ0n) is 15.4. The van der Waals surface area contributed by atoms with Crippen molar-refractivity contribution in [2.24, 2.45) is 0 Å². The number of piperazine rings is 1. The second-order valence-electron chi connectivity index (χ2n) is 6.91. The lowest BCUT2D eigenvalue weighted by Crippen LogP contribution is -2.46. The molecule has 2 bridgehead atoms. The molecule has 2 fully saturated rings. The van der Waals surface area contributed by atoms with Gasteiger partial charge in [0.1, 0.15) is 5.15 Å². The Hall–Kier alpha value is -2.18. The molecule has 9 heteroatoms. The third-order valence-electron chi connectivity index (χ3n) is 4.99. The van der Waals surface area contributed by atoms with Gasteiger partial charge in [-0.15, -0.1) is 0 Å². The number of rotatable bonds is 3. The number of likely N-dealkylation sites (tertiary alicyclic amines) is 1. The molecule has 1 aromatic carbocycles. The summed E-state index contributed by atoms with van der Waals surface area (Å²) in [5.74, 6) is 0. The van der Waals surface area contributed by atoms with E-state index in [1.807, 2.05) is 25.3 Å². The molecule has 1 aromatic heterocycles. The Morgan fingerprint density at radius 3 is 2.43 bits per heavy atom. The fourth-order valence-electron chi connectivity index (χ4n) is 3.60. The Morgan fingerprint density at radius 2 is 1.93 bits per heavy atom. The first-order valence-corrected chi connectivity index (χ1v) is 10.6. The van der Waals surface area contributed by atoms with E-state index in [4.69, 9.17) is 21.4 Å². The van der Waals surface area contributed by atoms with Crippen molar-refractivity contribution >= 4 is 27.4 Å². The Kier molecular flexibility index (Phi) is 6.20. The summed E-state index contributed by atoms with van der Waals surface area (Å²) in [6.07, 6.45) is 2.99. The van der Waals surface area contributed by atoms with Crippen LogP contribution in [0, 0.1) is 18.3 Å². The van der Waals surface area contributed by atoms with Gasteiger partial charge in [0.15, 0.2) is 0 Å². The van der Waals surface area contributed by atoms with Crippen LogP contribution < -0.4 is 4.90 Å². The van der Waals surface area contributed by atoms with Gasteiger partial charge in [-0.1, -0.05) is 29.3 Å². The van der Waals surface area contributed by atoms with Crippen LogP contribution in [0.25, 0.3) is 0 Å². The maximum atomic E-state index is 10.5. The number of aromatic nitrogens is 1. The molecule has 2 aromatic rings. The van der Waals surface area contributed by atoms with Crippen LogP contribution in [-0.4, -0.2) is 54.6 Å². The molecule has 0 aliphatic carbocycles. The van der Waals surface area contributed by atoms with Gasteiger partial charge in [-0.3, -0.25) is 9.45 Å². The SMILES string of the molecule is Cc1ccc(S(=O)(=O)O)cc1.N#CCN1C[C@H]2C[C@@H]1CN2c1ccc(Cl)nc1. The summed E-state index contributed by atoms with van der Waals surface area (Å²) in [4.78, 5) is 8.70. The lowest BCUT2D eigenvalue weighted by Gasteiger charge is -2.34. The Balaban J connectivity index is 0.000000178. The van der Waals surface area contributed by atoms with E-state index in [9.17, 15) is 8.42 Å². The number of pyridine rings is 1. The fraction of sp³-hybridized carbons (Fsp3) is 0.368. The van der Waals surface area contributed by atoms with Gasteiger partial charge in [-0.05, 0) is 37.6 Å². The zero-order valence-corrected chi connectivity index (χ0v) is 16.9. The monoisotopic (exact) mass is 420 g/mol. The van der Waals surface area contributed by atoms with Crippen molar-refractivity contribution in [2.45, 2.75) is 30.3 Å². The molecule has 2 atom stereocenters. The minimum atomic E-state index is -4.02. The lowest BCUT2D eigenvalue weighted by atomic mass is 10.2. The number of anilines is 1. The molecular formula is C19H21ClN4O3S. The molecule has 1 N–H and O–H groups in total. The molecule has 2 aliphatic heterocycles. The highest BCUT2D eigenvalue weighted by molar-refractivity contribution is 7.85. The highest BCUT2D eigenvalue weighted by atomic mass is 35.5. The fourth-order valence-corrected chi connectivity index (χ4v) is 4.19. The number of hydrogen-bond acceptors (Lipinski definition) is 6. The van der Waals surface area contributed by atoms with Crippen LogP contribution in [-0.2, 0) is 10.1 Å². The van der Waals surface area contributed by atoms with Crippen LogP contribution in [0.15, 0.2) is 47.5 Å². The van der Waals surface area contributed by atoms with Crippen molar-refractivity contribution in [3.05, 3.63) is 53.3 Å². The number of halogens is 1. The molecule has 0 radical (unpaired) electrons. The van der Waals surface area contributed by atoms with Crippen LogP contribution in [0.5, 0.6) is 0 Å². The van der Waals surface area contributed by atoms with Crippen molar-refractivity contribution in [3.8, 4) is 6.07 Å². The second-order valence-corrected chi connectivity index (χ2v) is 8.72. The van der Waals surface area contributed by atoms with E-state index in [-0.39, 0.29) is 4.90 Å². The molecule has 0 amide bonds. The Bertz CT molecular complexity index is 958. The van der Waals surface area contributed by atoms with Gasteiger partial charge in [0.2, 0.25) is 0 Å². The smallest absolute Gasteiger partial charge is 0.294 e. The Morgan fingerprint density at radius 1 is 1.21 bits per heavy atom. The number of hydrogen-bond donors (Lipinski definition) is 1. The lowest BCUT2D eigenvalue weighted by molar-refractivity contribution is 0.267. The maximum Gasteiger partial charge on any atom is 0.294 e. The van der Waals surface area contributed by atoms with Crippen molar-refractivity contribution in [1.29, 1.82) is 5.26 Å². The minimum absolute atomic E-state index is 0.0666. The maximum absolute atomic E-state index is 10.5. The van der Waals surface area contributed by atoms with Gasteiger partial charge in [0, 0.05) is 25.2 Å². The van der Waals surface area contributed by atoms with E-state index >= 15 is 0 Å². The first-order valence-electron chi connectivity index (χ1n) is 8.81. The largest absolute Gasteiger partial charge is 0.364 e. The summed E-state index contributed by atoms with van der Waals surface area (Å²) in [5.41, 5.74) is 2.09. The van der Waals surface area contributed by atoms with Gasteiger partial charge in [0.25, 0.3) is 10.1 Å². The van der Waals surface area contributed by atoms with Crippen molar-refractivity contribution in [1.82, 2.24) is 9.88 Å². The molecule has 2 aliphatic rings. The van der Waals surface area contributed by atoms with Gasteiger partial charge < -0.3 is 4.90 Å². The first kappa shape index (κ1) is 20.6. The van der Waals surface area contributed by atoms with Crippen LogP contribution >= 0.6 is 11.6 Å². The summed E-state index contributed by atoms with van der Waals surface area (Å²) in [6, 6.07) is 13.1. The van der Waals surface area contributed by atoms with E-state index in [2.05, 4.69) is 20.9 Å². The van der Waals surface area contributed by atoms with E-state index in [1.165, 1.54) is 12.1 Å². The predicted octanol–water partition coefficient (Wildman–Crippen LogP) is 2.76. The highest BCUT2D eigenvalue weighted by Gasteiger charge is 2.42. The normalized spacial score (nSPS) is 21.1. The molecular weight excluding hydrogens is 400 g/mol.